The van der Waals surface area contributed by atoms with Gasteiger partial charge in [0.05, 0.1) is 13.2 Å². The van der Waals surface area contributed by atoms with E-state index in [2.05, 4.69) is 5.32 Å². The van der Waals surface area contributed by atoms with Crippen LogP contribution in [0.15, 0.2) is 12.1 Å². The molecule has 0 aromatic carbocycles. The summed E-state index contributed by atoms with van der Waals surface area (Å²) in [5.74, 6) is -0.194. The zero-order chi connectivity index (χ0) is 12.1. The second kappa shape index (κ2) is 5.67. The molecule has 0 saturated carbocycles. The van der Waals surface area contributed by atoms with Crippen LogP contribution in [-0.4, -0.2) is 30.2 Å². The highest BCUT2D eigenvalue weighted by atomic mass is 16.5. The number of hydrogen-bond acceptors (Lipinski definition) is 3. The molecule has 16 heavy (non-hydrogen) atoms. The molecule has 1 aromatic rings. The zero-order valence-corrected chi connectivity index (χ0v) is 9.99. The maximum absolute atomic E-state index is 11.5. The molecule has 0 aliphatic carbocycles. The fourth-order valence-corrected chi connectivity index (χ4v) is 1.41. The van der Waals surface area contributed by atoms with Crippen LogP contribution in [0.2, 0.25) is 0 Å². The van der Waals surface area contributed by atoms with Crippen LogP contribution in [0, 0.1) is 6.92 Å². The van der Waals surface area contributed by atoms with E-state index in [1.807, 2.05) is 30.7 Å². The highest BCUT2D eigenvalue weighted by Gasteiger charge is 2.12. The molecule has 5 heteroatoms. The Morgan fingerprint density at radius 1 is 1.62 bits per heavy atom. The van der Waals surface area contributed by atoms with Gasteiger partial charge in [-0.1, -0.05) is 0 Å². The Morgan fingerprint density at radius 3 is 2.81 bits per heavy atom. The van der Waals surface area contributed by atoms with Crippen LogP contribution < -0.4 is 11.1 Å². The van der Waals surface area contributed by atoms with Crippen LogP contribution in [0.3, 0.4) is 0 Å². The third-order valence-electron chi connectivity index (χ3n) is 2.60. The van der Waals surface area contributed by atoms with Crippen molar-refractivity contribution < 1.29 is 9.53 Å². The van der Waals surface area contributed by atoms with Crippen LogP contribution in [-0.2, 0) is 23.1 Å². The van der Waals surface area contributed by atoms with Gasteiger partial charge in [0.1, 0.15) is 6.04 Å². The Bertz CT molecular complexity index is 360. The number of aromatic nitrogens is 1. The van der Waals surface area contributed by atoms with Gasteiger partial charge >= 0.3 is 0 Å². The summed E-state index contributed by atoms with van der Waals surface area (Å²) in [6.07, 6.45) is 0. The van der Waals surface area contributed by atoms with E-state index in [0.29, 0.717) is 6.54 Å². The average molecular weight is 225 g/mol. The highest BCUT2D eigenvalue weighted by Crippen LogP contribution is 2.04. The lowest BCUT2D eigenvalue weighted by atomic mass is 10.3. The third-order valence-corrected chi connectivity index (χ3v) is 2.60. The number of nitrogens with zero attached hydrogens (tertiary/aromatic N) is 1. The molecular formula is C11H19N3O2. The Labute approximate surface area is 95.6 Å². The van der Waals surface area contributed by atoms with Crippen molar-refractivity contribution in [1.82, 2.24) is 9.88 Å². The molecule has 0 bridgehead atoms. The topological polar surface area (TPSA) is 69.3 Å². The van der Waals surface area contributed by atoms with E-state index < -0.39 is 6.04 Å². The van der Waals surface area contributed by atoms with Crippen LogP contribution in [0.1, 0.15) is 11.4 Å². The van der Waals surface area contributed by atoms with Gasteiger partial charge in [0.15, 0.2) is 0 Å². The van der Waals surface area contributed by atoms with Crippen molar-refractivity contribution in [2.45, 2.75) is 19.5 Å². The monoisotopic (exact) mass is 225 g/mol. The summed E-state index contributed by atoms with van der Waals surface area (Å²) in [7, 11) is 3.49. The minimum atomic E-state index is -0.605. The van der Waals surface area contributed by atoms with Gasteiger partial charge in [-0.05, 0) is 19.1 Å². The van der Waals surface area contributed by atoms with Gasteiger partial charge in [0, 0.05) is 25.5 Å². The van der Waals surface area contributed by atoms with E-state index in [4.69, 9.17) is 10.5 Å². The number of nitrogens with one attached hydrogen (secondary N) is 1. The van der Waals surface area contributed by atoms with Crippen molar-refractivity contribution in [3.05, 3.63) is 23.5 Å². The van der Waals surface area contributed by atoms with Crippen molar-refractivity contribution >= 4 is 5.91 Å². The summed E-state index contributed by atoms with van der Waals surface area (Å²) in [6.45, 7) is 2.74. The number of aryl methyl sites for hydroxylation is 1. The van der Waals surface area contributed by atoms with Crippen LogP contribution in [0.25, 0.3) is 0 Å². The fraction of sp³-hybridized carbons (Fsp3) is 0.545. The second-order valence-electron chi connectivity index (χ2n) is 3.80. The van der Waals surface area contributed by atoms with Crippen LogP contribution >= 0.6 is 0 Å². The Balaban J connectivity index is 2.46. The summed E-state index contributed by atoms with van der Waals surface area (Å²) < 4.78 is 6.84. The smallest absolute Gasteiger partial charge is 0.239 e. The Morgan fingerprint density at radius 2 is 2.31 bits per heavy atom. The molecule has 0 fully saturated rings. The largest absolute Gasteiger partial charge is 0.383 e. The summed E-state index contributed by atoms with van der Waals surface area (Å²) in [5, 5.41) is 2.77. The number of ether oxygens (including phenoxy) is 1. The number of rotatable bonds is 5. The predicted molar refractivity (Wildman–Crippen MR) is 61.8 cm³/mol. The standard InChI is InChI=1S/C11H19N3O2/c1-8-4-5-9(14(8)2)6-13-11(15)10(12)7-16-3/h4-5,10H,6-7,12H2,1-3H3,(H,13,15). The molecule has 1 amide bonds. The van der Waals surface area contributed by atoms with Crippen molar-refractivity contribution in [3.8, 4) is 0 Å². The highest BCUT2D eigenvalue weighted by molar-refractivity contribution is 5.81. The van der Waals surface area contributed by atoms with E-state index in [1.54, 1.807) is 0 Å². The minimum Gasteiger partial charge on any atom is -0.383 e. The average Bonchev–Trinajstić information content (AvgIpc) is 2.57. The summed E-state index contributed by atoms with van der Waals surface area (Å²) in [5.41, 5.74) is 7.80. The van der Waals surface area contributed by atoms with E-state index in [9.17, 15) is 4.79 Å². The minimum absolute atomic E-state index is 0.194. The normalized spacial score (nSPS) is 12.5. The van der Waals surface area contributed by atoms with Gasteiger partial charge in [-0.3, -0.25) is 4.79 Å². The van der Waals surface area contributed by atoms with Crippen LogP contribution in [0.4, 0.5) is 0 Å². The number of hydrogen-bond donors (Lipinski definition) is 2. The first-order chi connectivity index (χ1) is 7.56. The quantitative estimate of drug-likeness (QED) is 0.736. The zero-order valence-electron chi connectivity index (χ0n) is 9.99. The van der Waals surface area contributed by atoms with Gasteiger partial charge in [-0.2, -0.15) is 0 Å². The first-order valence-corrected chi connectivity index (χ1v) is 5.19. The number of nitrogens with two attached hydrogens (primary N) is 1. The Kier molecular flexibility index (Phi) is 4.52. The molecule has 0 aliphatic heterocycles. The number of amides is 1. The molecule has 1 rings (SSSR count). The molecular weight excluding hydrogens is 206 g/mol. The fourth-order valence-electron chi connectivity index (χ4n) is 1.41. The summed E-state index contributed by atoms with van der Waals surface area (Å²) >= 11 is 0. The molecule has 1 unspecified atom stereocenters. The molecule has 0 spiro atoms. The molecule has 1 aromatic heterocycles. The summed E-state index contributed by atoms with van der Waals surface area (Å²) in [6, 6.07) is 3.39. The number of carbonyl (C=O) groups is 1. The summed E-state index contributed by atoms with van der Waals surface area (Å²) in [4.78, 5) is 11.5. The van der Waals surface area contributed by atoms with Gasteiger partial charge < -0.3 is 20.4 Å². The van der Waals surface area contributed by atoms with Gasteiger partial charge in [-0.15, -0.1) is 0 Å². The molecule has 0 radical (unpaired) electrons. The lowest BCUT2D eigenvalue weighted by Crippen LogP contribution is -2.43. The van der Waals surface area contributed by atoms with Crippen LogP contribution in [0.5, 0.6) is 0 Å². The number of methoxy groups -OCH3 is 1. The van der Waals surface area contributed by atoms with E-state index in [0.717, 1.165) is 11.4 Å². The SMILES string of the molecule is COCC(N)C(=O)NCc1ccc(C)n1C. The molecule has 1 heterocycles. The maximum Gasteiger partial charge on any atom is 0.239 e. The van der Waals surface area contributed by atoms with Crippen molar-refractivity contribution in [2.75, 3.05) is 13.7 Å². The molecule has 5 nitrogen and oxygen atoms in total. The van der Waals surface area contributed by atoms with Crippen molar-refractivity contribution in [1.29, 1.82) is 0 Å². The van der Waals surface area contributed by atoms with E-state index >= 15 is 0 Å². The van der Waals surface area contributed by atoms with Crippen molar-refractivity contribution in [2.24, 2.45) is 12.8 Å². The lowest BCUT2D eigenvalue weighted by molar-refractivity contribution is -0.123. The second-order valence-corrected chi connectivity index (χ2v) is 3.80. The maximum atomic E-state index is 11.5. The first kappa shape index (κ1) is 12.7. The molecule has 3 N–H and O–H groups in total. The first-order valence-electron chi connectivity index (χ1n) is 5.19. The lowest BCUT2D eigenvalue weighted by Gasteiger charge is -2.11. The molecule has 90 valence electrons. The predicted octanol–water partition coefficient (Wildman–Crippen LogP) is -0.0766. The third kappa shape index (κ3) is 3.08. The molecule has 1 atom stereocenters. The molecule has 0 aliphatic rings. The van der Waals surface area contributed by atoms with E-state index in [1.165, 1.54) is 7.11 Å². The van der Waals surface area contributed by atoms with Crippen molar-refractivity contribution in [3.63, 3.8) is 0 Å². The van der Waals surface area contributed by atoms with E-state index in [-0.39, 0.29) is 12.5 Å². The molecule has 0 saturated heterocycles. The van der Waals surface area contributed by atoms with Gasteiger partial charge in [-0.25, -0.2) is 0 Å². The van der Waals surface area contributed by atoms with Gasteiger partial charge in [0.25, 0.3) is 0 Å². The van der Waals surface area contributed by atoms with Gasteiger partial charge in [0.2, 0.25) is 5.91 Å². The number of carbonyl (C=O) groups excluding carboxylic acids is 1. The Hall–Kier alpha value is -1.33.